The number of rotatable bonds is 3. The first kappa shape index (κ1) is 13.1. The molecule has 0 aliphatic carbocycles. The molecule has 1 aromatic rings. The zero-order valence-electron chi connectivity index (χ0n) is 10.4. The predicted molar refractivity (Wildman–Crippen MR) is 63.8 cm³/mol. The van der Waals surface area contributed by atoms with E-state index in [0.29, 0.717) is 6.61 Å². The van der Waals surface area contributed by atoms with Crippen molar-refractivity contribution in [3.63, 3.8) is 0 Å². The molecule has 0 amide bonds. The van der Waals surface area contributed by atoms with Crippen LogP contribution in [0, 0.1) is 12.7 Å². The van der Waals surface area contributed by atoms with E-state index in [-0.39, 0.29) is 17.5 Å². The molecule has 0 saturated carbocycles. The smallest absolute Gasteiger partial charge is 0.123 e. The number of halogens is 1. The molecule has 1 rings (SSSR count). The molecule has 0 spiro atoms. The van der Waals surface area contributed by atoms with Gasteiger partial charge in [0.15, 0.2) is 0 Å². The van der Waals surface area contributed by atoms with E-state index in [9.17, 15) is 4.39 Å². The van der Waals surface area contributed by atoms with Gasteiger partial charge in [-0.1, -0.05) is 6.07 Å². The zero-order valence-corrected chi connectivity index (χ0v) is 10.4. The first-order valence-corrected chi connectivity index (χ1v) is 5.44. The molecule has 0 heterocycles. The van der Waals surface area contributed by atoms with E-state index < -0.39 is 0 Å². The van der Waals surface area contributed by atoms with E-state index in [0.717, 1.165) is 11.1 Å². The molecular weight excluding hydrogens is 205 g/mol. The largest absolute Gasteiger partial charge is 0.374 e. The van der Waals surface area contributed by atoms with Crippen LogP contribution in [0.25, 0.3) is 0 Å². The Hall–Kier alpha value is -0.930. The molecule has 0 saturated heterocycles. The number of ether oxygens (including phenoxy) is 1. The van der Waals surface area contributed by atoms with Crippen LogP contribution >= 0.6 is 0 Å². The molecule has 16 heavy (non-hydrogen) atoms. The van der Waals surface area contributed by atoms with Crippen LogP contribution in [-0.4, -0.2) is 12.2 Å². The van der Waals surface area contributed by atoms with Crippen LogP contribution in [0.3, 0.4) is 0 Å². The summed E-state index contributed by atoms with van der Waals surface area (Å²) >= 11 is 0. The normalized spacial score (nSPS) is 13.9. The molecule has 2 nitrogen and oxygen atoms in total. The summed E-state index contributed by atoms with van der Waals surface area (Å²) in [6.45, 7) is 8.15. The van der Waals surface area contributed by atoms with Gasteiger partial charge in [0.05, 0.1) is 18.2 Å². The van der Waals surface area contributed by atoms with Gasteiger partial charge in [0.1, 0.15) is 5.82 Å². The van der Waals surface area contributed by atoms with Crippen molar-refractivity contribution < 1.29 is 9.13 Å². The van der Waals surface area contributed by atoms with Crippen molar-refractivity contribution in [1.29, 1.82) is 0 Å². The highest BCUT2D eigenvalue weighted by Crippen LogP contribution is 2.17. The third-order valence-electron chi connectivity index (χ3n) is 2.19. The molecule has 1 unspecified atom stereocenters. The van der Waals surface area contributed by atoms with Gasteiger partial charge in [-0.05, 0) is 51.0 Å². The Balaban J connectivity index is 2.69. The third kappa shape index (κ3) is 4.29. The minimum absolute atomic E-state index is 0.222. The predicted octanol–water partition coefficient (Wildman–Crippen LogP) is 2.95. The van der Waals surface area contributed by atoms with Crippen molar-refractivity contribution in [2.75, 3.05) is 6.61 Å². The third-order valence-corrected chi connectivity index (χ3v) is 2.19. The van der Waals surface area contributed by atoms with E-state index >= 15 is 0 Å². The fraction of sp³-hybridized carbons (Fsp3) is 0.538. The van der Waals surface area contributed by atoms with E-state index in [1.165, 1.54) is 12.1 Å². The Kier molecular flexibility index (Phi) is 4.05. The number of hydrogen-bond donors (Lipinski definition) is 1. The van der Waals surface area contributed by atoms with Crippen molar-refractivity contribution in [3.05, 3.63) is 35.1 Å². The first-order valence-electron chi connectivity index (χ1n) is 5.44. The van der Waals surface area contributed by atoms with Gasteiger partial charge in [-0.3, -0.25) is 0 Å². The molecule has 3 heteroatoms. The summed E-state index contributed by atoms with van der Waals surface area (Å²) in [5.41, 5.74) is 7.38. The summed E-state index contributed by atoms with van der Waals surface area (Å²) in [5.74, 6) is -0.249. The summed E-state index contributed by atoms with van der Waals surface area (Å²) in [6, 6.07) is 4.55. The zero-order chi connectivity index (χ0) is 12.3. The molecule has 0 aliphatic heterocycles. The lowest BCUT2D eigenvalue weighted by Gasteiger charge is -2.22. The molecule has 0 radical (unpaired) electrons. The highest BCUT2D eigenvalue weighted by molar-refractivity contribution is 5.26. The van der Waals surface area contributed by atoms with Crippen LogP contribution in [0.5, 0.6) is 0 Å². The number of hydrogen-bond acceptors (Lipinski definition) is 2. The highest BCUT2D eigenvalue weighted by atomic mass is 19.1. The lowest BCUT2D eigenvalue weighted by molar-refractivity contribution is -0.0102. The van der Waals surface area contributed by atoms with Crippen molar-refractivity contribution in [2.24, 2.45) is 5.73 Å². The van der Waals surface area contributed by atoms with E-state index in [1.807, 2.05) is 33.8 Å². The molecule has 0 aromatic heterocycles. The molecular formula is C13H20FNO. The second-order valence-corrected chi connectivity index (χ2v) is 5.09. The lowest BCUT2D eigenvalue weighted by Crippen LogP contribution is -2.26. The van der Waals surface area contributed by atoms with Gasteiger partial charge in [0.25, 0.3) is 0 Å². The van der Waals surface area contributed by atoms with Crippen molar-refractivity contribution in [2.45, 2.75) is 39.3 Å². The molecule has 1 aromatic carbocycles. The molecule has 0 aliphatic rings. The van der Waals surface area contributed by atoms with Gasteiger partial charge in [-0.15, -0.1) is 0 Å². The molecule has 90 valence electrons. The van der Waals surface area contributed by atoms with Crippen LogP contribution in [0.2, 0.25) is 0 Å². The van der Waals surface area contributed by atoms with Crippen LogP contribution in [0.4, 0.5) is 4.39 Å². The van der Waals surface area contributed by atoms with Crippen LogP contribution in [0.1, 0.15) is 37.9 Å². The molecule has 0 bridgehead atoms. The molecule has 2 N–H and O–H groups in total. The van der Waals surface area contributed by atoms with Gasteiger partial charge in [-0.25, -0.2) is 4.39 Å². The summed E-state index contributed by atoms with van der Waals surface area (Å²) in [6.07, 6.45) is 0. The molecule has 0 fully saturated rings. The van der Waals surface area contributed by atoms with Gasteiger partial charge < -0.3 is 10.5 Å². The van der Waals surface area contributed by atoms with Crippen molar-refractivity contribution >= 4 is 0 Å². The Labute approximate surface area is 96.6 Å². The summed E-state index contributed by atoms with van der Waals surface area (Å²) in [7, 11) is 0. The lowest BCUT2D eigenvalue weighted by atomic mass is 10.1. The average Bonchev–Trinajstić information content (AvgIpc) is 2.11. The second-order valence-electron chi connectivity index (χ2n) is 5.09. The maximum absolute atomic E-state index is 13.2. The SMILES string of the molecule is Cc1cc(F)cc(C(N)COC(C)(C)C)c1. The minimum Gasteiger partial charge on any atom is -0.374 e. The van der Waals surface area contributed by atoms with Crippen LogP contribution in [0.15, 0.2) is 18.2 Å². The topological polar surface area (TPSA) is 35.2 Å². The quantitative estimate of drug-likeness (QED) is 0.858. The highest BCUT2D eigenvalue weighted by Gasteiger charge is 2.14. The summed E-state index contributed by atoms with van der Waals surface area (Å²) in [4.78, 5) is 0. The fourth-order valence-corrected chi connectivity index (χ4v) is 1.41. The van der Waals surface area contributed by atoms with Gasteiger partial charge in [-0.2, -0.15) is 0 Å². The van der Waals surface area contributed by atoms with Crippen molar-refractivity contribution in [1.82, 2.24) is 0 Å². The van der Waals surface area contributed by atoms with Gasteiger partial charge >= 0.3 is 0 Å². The number of aryl methyl sites for hydroxylation is 1. The fourth-order valence-electron chi connectivity index (χ4n) is 1.41. The monoisotopic (exact) mass is 225 g/mol. The van der Waals surface area contributed by atoms with Crippen LogP contribution in [-0.2, 0) is 4.74 Å². The summed E-state index contributed by atoms with van der Waals surface area (Å²) < 4.78 is 18.7. The number of benzene rings is 1. The van der Waals surface area contributed by atoms with Gasteiger partial charge in [0, 0.05) is 0 Å². The number of nitrogens with two attached hydrogens (primary N) is 1. The Bertz CT molecular complexity index is 337. The van der Waals surface area contributed by atoms with Gasteiger partial charge in [0.2, 0.25) is 0 Å². The van der Waals surface area contributed by atoms with E-state index in [4.69, 9.17) is 10.5 Å². The maximum Gasteiger partial charge on any atom is 0.123 e. The standard InChI is InChI=1S/C13H20FNO/c1-9-5-10(7-11(14)6-9)12(15)8-16-13(2,3)4/h5-7,12H,8,15H2,1-4H3. The first-order chi connectivity index (χ1) is 7.28. The van der Waals surface area contributed by atoms with E-state index in [2.05, 4.69) is 0 Å². The maximum atomic E-state index is 13.2. The minimum atomic E-state index is -0.284. The second kappa shape index (κ2) is 4.93. The average molecular weight is 225 g/mol. The summed E-state index contributed by atoms with van der Waals surface area (Å²) in [5, 5.41) is 0. The van der Waals surface area contributed by atoms with Crippen molar-refractivity contribution in [3.8, 4) is 0 Å². The van der Waals surface area contributed by atoms with Crippen LogP contribution < -0.4 is 5.73 Å². The Morgan fingerprint density at radius 3 is 2.44 bits per heavy atom. The Morgan fingerprint density at radius 2 is 1.94 bits per heavy atom. The Morgan fingerprint density at radius 1 is 1.31 bits per heavy atom. The molecule has 1 atom stereocenters. The van der Waals surface area contributed by atoms with E-state index in [1.54, 1.807) is 0 Å².